The second-order valence-electron chi connectivity index (χ2n) is 7.81. The fraction of sp³-hybridized carbons (Fsp3) is 0.476. The summed E-state index contributed by atoms with van der Waals surface area (Å²) in [4.78, 5) is 6.95. The van der Waals surface area contributed by atoms with Gasteiger partial charge in [-0.2, -0.15) is 4.31 Å². The molecule has 6 nitrogen and oxygen atoms in total. The highest BCUT2D eigenvalue weighted by Crippen LogP contribution is 2.24. The van der Waals surface area contributed by atoms with Gasteiger partial charge >= 0.3 is 0 Å². The first kappa shape index (κ1) is 20.6. The predicted molar refractivity (Wildman–Crippen MR) is 114 cm³/mol. The van der Waals surface area contributed by atoms with E-state index in [1.165, 1.54) is 16.2 Å². The molecule has 3 rings (SSSR count). The van der Waals surface area contributed by atoms with E-state index >= 15 is 0 Å². The van der Waals surface area contributed by atoms with Crippen molar-refractivity contribution in [2.75, 3.05) is 23.3 Å². The molecule has 0 bridgehead atoms. The molecular formula is C21H30N4O2S. The van der Waals surface area contributed by atoms with Crippen molar-refractivity contribution in [3.8, 4) is 0 Å². The van der Waals surface area contributed by atoms with Crippen LogP contribution in [0.15, 0.2) is 53.6 Å². The summed E-state index contributed by atoms with van der Waals surface area (Å²) in [6.07, 6.45) is 2.48. The van der Waals surface area contributed by atoms with Crippen molar-refractivity contribution in [3.05, 3.63) is 48.7 Å². The van der Waals surface area contributed by atoms with E-state index in [2.05, 4.69) is 39.5 Å². The second kappa shape index (κ2) is 8.49. The molecule has 1 saturated heterocycles. The molecule has 152 valence electrons. The molecule has 1 aliphatic heterocycles. The van der Waals surface area contributed by atoms with Gasteiger partial charge in [-0.25, -0.2) is 13.4 Å². The maximum Gasteiger partial charge on any atom is 0.245 e. The van der Waals surface area contributed by atoms with Crippen LogP contribution in [0.3, 0.4) is 0 Å². The zero-order valence-corrected chi connectivity index (χ0v) is 17.9. The molecule has 2 heterocycles. The lowest BCUT2D eigenvalue weighted by Crippen LogP contribution is -2.41. The van der Waals surface area contributed by atoms with Crippen LogP contribution in [0.2, 0.25) is 0 Å². The molecule has 1 atom stereocenters. The average Bonchev–Trinajstić information content (AvgIpc) is 3.10. The van der Waals surface area contributed by atoms with Gasteiger partial charge in [0.05, 0.1) is 0 Å². The van der Waals surface area contributed by atoms with Crippen molar-refractivity contribution in [3.63, 3.8) is 0 Å². The Balaban J connectivity index is 1.67. The van der Waals surface area contributed by atoms with Crippen LogP contribution in [0, 0.1) is 0 Å². The SMILES string of the molecule is CC(C)N(C(C)C)S(=O)(=O)c1ccc(NC2CCN(c3ccccc3)C2)nc1. The van der Waals surface area contributed by atoms with Crippen LogP contribution in [-0.4, -0.2) is 48.9 Å². The highest BCUT2D eigenvalue weighted by molar-refractivity contribution is 7.89. The number of benzene rings is 1. The normalized spacial score (nSPS) is 17.7. The topological polar surface area (TPSA) is 65.5 Å². The van der Waals surface area contributed by atoms with Crippen LogP contribution in [0.1, 0.15) is 34.1 Å². The van der Waals surface area contributed by atoms with Gasteiger partial charge in [0.1, 0.15) is 10.7 Å². The van der Waals surface area contributed by atoms with Crippen molar-refractivity contribution >= 4 is 21.5 Å². The number of anilines is 2. The Kier molecular flexibility index (Phi) is 6.25. The summed E-state index contributed by atoms with van der Waals surface area (Å²) in [5, 5.41) is 3.43. The smallest absolute Gasteiger partial charge is 0.245 e. The van der Waals surface area contributed by atoms with E-state index in [9.17, 15) is 8.42 Å². The zero-order chi connectivity index (χ0) is 20.3. The molecular weight excluding hydrogens is 372 g/mol. The third kappa shape index (κ3) is 4.47. The molecule has 2 aromatic rings. The number of rotatable bonds is 7. The van der Waals surface area contributed by atoms with Crippen molar-refractivity contribution in [1.29, 1.82) is 0 Å². The highest BCUT2D eigenvalue weighted by atomic mass is 32.2. The second-order valence-corrected chi connectivity index (χ2v) is 9.66. The molecule has 0 amide bonds. The summed E-state index contributed by atoms with van der Waals surface area (Å²) in [6, 6.07) is 13.8. The van der Waals surface area contributed by atoms with E-state index in [-0.39, 0.29) is 23.0 Å². The quantitative estimate of drug-likeness (QED) is 0.767. The number of aromatic nitrogens is 1. The lowest BCUT2D eigenvalue weighted by atomic mass is 10.2. The summed E-state index contributed by atoms with van der Waals surface area (Å²) in [5.41, 5.74) is 1.23. The average molecular weight is 403 g/mol. The number of para-hydroxylation sites is 1. The van der Waals surface area contributed by atoms with E-state index in [0.29, 0.717) is 5.82 Å². The predicted octanol–water partition coefficient (Wildman–Crippen LogP) is 3.58. The van der Waals surface area contributed by atoms with Gasteiger partial charge in [-0.15, -0.1) is 0 Å². The number of nitrogens with zero attached hydrogens (tertiary/aromatic N) is 3. The van der Waals surface area contributed by atoms with E-state index in [4.69, 9.17) is 0 Å². The highest BCUT2D eigenvalue weighted by Gasteiger charge is 2.30. The van der Waals surface area contributed by atoms with Gasteiger partial charge < -0.3 is 10.2 Å². The minimum atomic E-state index is -3.55. The van der Waals surface area contributed by atoms with Crippen LogP contribution in [0.25, 0.3) is 0 Å². The van der Waals surface area contributed by atoms with Crippen LogP contribution in [0.4, 0.5) is 11.5 Å². The molecule has 1 aliphatic rings. The van der Waals surface area contributed by atoms with E-state index in [1.807, 2.05) is 33.8 Å². The monoisotopic (exact) mass is 402 g/mol. The van der Waals surface area contributed by atoms with Gasteiger partial charge in [0.15, 0.2) is 0 Å². The Labute approximate surface area is 168 Å². The van der Waals surface area contributed by atoms with Gasteiger partial charge in [0.25, 0.3) is 0 Å². The Bertz CT molecular complexity index is 859. The number of sulfonamides is 1. The van der Waals surface area contributed by atoms with Gasteiger partial charge in [0, 0.05) is 43.1 Å². The molecule has 1 unspecified atom stereocenters. The maximum atomic E-state index is 12.9. The summed E-state index contributed by atoms with van der Waals surface area (Å²) < 4.78 is 27.4. The molecule has 0 saturated carbocycles. The minimum Gasteiger partial charge on any atom is -0.369 e. The Morgan fingerprint density at radius 3 is 2.32 bits per heavy atom. The number of hydrogen-bond acceptors (Lipinski definition) is 5. The van der Waals surface area contributed by atoms with Crippen molar-refractivity contribution < 1.29 is 8.42 Å². The van der Waals surface area contributed by atoms with Crippen molar-refractivity contribution in [2.45, 2.75) is 57.1 Å². The fourth-order valence-electron chi connectivity index (χ4n) is 3.85. The van der Waals surface area contributed by atoms with E-state index < -0.39 is 10.0 Å². The lowest BCUT2D eigenvalue weighted by molar-refractivity contribution is 0.302. The molecule has 1 fully saturated rings. The fourth-order valence-corrected chi connectivity index (χ4v) is 5.63. The van der Waals surface area contributed by atoms with Crippen LogP contribution >= 0.6 is 0 Å². The van der Waals surface area contributed by atoms with E-state index in [1.54, 1.807) is 12.1 Å². The summed E-state index contributed by atoms with van der Waals surface area (Å²) in [5.74, 6) is 0.708. The van der Waals surface area contributed by atoms with Crippen molar-refractivity contribution in [1.82, 2.24) is 9.29 Å². The number of pyridine rings is 1. The third-order valence-corrected chi connectivity index (χ3v) is 7.23. The third-order valence-electron chi connectivity index (χ3n) is 4.99. The molecule has 28 heavy (non-hydrogen) atoms. The maximum absolute atomic E-state index is 12.9. The first-order valence-corrected chi connectivity index (χ1v) is 11.3. The van der Waals surface area contributed by atoms with Gasteiger partial charge in [-0.05, 0) is 58.4 Å². The first-order chi connectivity index (χ1) is 13.3. The van der Waals surface area contributed by atoms with Gasteiger partial charge in [0.2, 0.25) is 10.0 Å². The van der Waals surface area contributed by atoms with Crippen LogP contribution < -0.4 is 10.2 Å². The molecule has 1 N–H and O–H groups in total. The zero-order valence-electron chi connectivity index (χ0n) is 17.0. The summed E-state index contributed by atoms with van der Waals surface area (Å²) >= 11 is 0. The number of hydrogen-bond donors (Lipinski definition) is 1. The molecule has 1 aromatic heterocycles. The lowest BCUT2D eigenvalue weighted by Gasteiger charge is -2.29. The molecule has 0 aliphatic carbocycles. The molecule has 1 aromatic carbocycles. The Morgan fingerprint density at radius 2 is 1.75 bits per heavy atom. The van der Waals surface area contributed by atoms with Gasteiger partial charge in [-0.1, -0.05) is 18.2 Å². The Morgan fingerprint density at radius 1 is 1.07 bits per heavy atom. The van der Waals surface area contributed by atoms with Crippen molar-refractivity contribution in [2.24, 2.45) is 0 Å². The molecule has 0 radical (unpaired) electrons. The van der Waals surface area contributed by atoms with Crippen LogP contribution in [-0.2, 0) is 10.0 Å². The standard InChI is InChI=1S/C21H30N4O2S/c1-16(2)25(17(3)4)28(26,27)20-10-11-21(22-14-20)23-18-12-13-24(15-18)19-8-6-5-7-9-19/h5-11,14,16-18H,12-13,15H2,1-4H3,(H,22,23). The van der Waals surface area contributed by atoms with Gasteiger partial charge in [-0.3, -0.25) is 0 Å². The first-order valence-electron chi connectivity index (χ1n) is 9.85. The summed E-state index contributed by atoms with van der Waals surface area (Å²) in [7, 11) is -3.55. The number of nitrogens with one attached hydrogen (secondary N) is 1. The Hall–Kier alpha value is -2.12. The van der Waals surface area contributed by atoms with E-state index in [0.717, 1.165) is 19.5 Å². The molecule has 7 heteroatoms. The largest absolute Gasteiger partial charge is 0.369 e. The summed E-state index contributed by atoms with van der Waals surface area (Å²) in [6.45, 7) is 9.45. The van der Waals surface area contributed by atoms with Crippen LogP contribution in [0.5, 0.6) is 0 Å². The minimum absolute atomic E-state index is 0.106. The molecule has 0 spiro atoms.